The van der Waals surface area contributed by atoms with Gasteiger partial charge in [0.25, 0.3) is 0 Å². The van der Waals surface area contributed by atoms with E-state index in [9.17, 15) is 14.4 Å². The van der Waals surface area contributed by atoms with Gasteiger partial charge < -0.3 is 20.1 Å². The van der Waals surface area contributed by atoms with E-state index in [4.69, 9.17) is 9.47 Å². The summed E-state index contributed by atoms with van der Waals surface area (Å²) in [5.74, 6) is -0.994. The van der Waals surface area contributed by atoms with Crippen LogP contribution in [0.25, 0.3) is 0 Å². The first-order valence-corrected chi connectivity index (χ1v) is 9.13. The van der Waals surface area contributed by atoms with Gasteiger partial charge in [0.2, 0.25) is 5.91 Å². The lowest BCUT2D eigenvalue weighted by molar-refractivity contribution is -0.148. The lowest BCUT2D eigenvalue weighted by atomic mass is 10.1. The van der Waals surface area contributed by atoms with Crippen LogP contribution in [0.5, 0.6) is 0 Å². The predicted octanol–water partition coefficient (Wildman–Crippen LogP) is 2.93. The van der Waals surface area contributed by atoms with Crippen molar-refractivity contribution >= 4 is 18.0 Å². The summed E-state index contributed by atoms with van der Waals surface area (Å²) >= 11 is 0. The second-order valence-corrected chi connectivity index (χ2v) is 7.31. The molecule has 0 saturated carbocycles. The number of hydrogen-bond acceptors (Lipinski definition) is 5. The number of hydrogen-bond donors (Lipinski definition) is 2. The second kappa shape index (κ2) is 10.5. The standard InChI is InChI=1S/C20H30N2O5/c1-6-10-16(22-19(25)27-20(3,4)5)17(23)21-14(2)18(24)26-13-15-11-8-7-9-12-15/h7-9,11-12,14,16H,6,10,13H2,1-5H3,(H,21,23)(H,22,25). The van der Waals surface area contributed by atoms with E-state index in [1.165, 1.54) is 0 Å². The van der Waals surface area contributed by atoms with E-state index in [0.717, 1.165) is 5.56 Å². The van der Waals surface area contributed by atoms with Crippen molar-refractivity contribution in [1.29, 1.82) is 0 Å². The molecule has 27 heavy (non-hydrogen) atoms. The zero-order chi connectivity index (χ0) is 20.4. The summed E-state index contributed by atoms with van der Waals surface area (Å²) < 4.78 is 10.4. The Balaban J connectivity index is 2.55. The summed E-state index contributed by atoms with van der Waals surface area (Å²) in [7, 11) is 0. The number of carbonyl (C=O) groups is 3. The average Bonchev–Trinajstić information content (AvgIpc) is 2.58. The number of alkyl carbamates (subject to hydrolysis) is 1. The third-order valence-corrected chi connectivity index (χ3v) is 3.52. The van der Waals surface area contributed by atoms with E-state index in [1.807, 2.05) is 37.3 Å². The maximum absolute atomic E-state index is 12.4. The van der Waals surface area contributed by atoms with Gasteiger partial charge in [-0.3, -0.25) is 4.79 Å². The van der Waals surface area contributed by atoms with Gasteiger partial charge in [0.05, 0.1) is 0 Å². The molecular weight excluding hydrogens is 348 g/mol. The monoisotopic (exact) mass is 378 g/mol. The van der Waals surface area contributed by atoms with Crippen LogP contribution in [0.2, 0.25) is 0 Å². The third-order valence-electron chi connectivity index (χ3n) is 3.52. The number of esters is 1. The topological polar surface area (TPSA) is 93.7 Å². The fourth-order valence-corrected chi connectivity index (χ4v) is 2.23. The molecule has 1 aromatic carbocycles. The van der Waals surface area contributed by atoms with Crippen molar-refractivity contribution in [2.45, 2.75) is 71.8 Å². The van der Waals surface area contributed by atoms with Gasteiger partial charge in [0, 0.05) is 0 Å². The van der Waals surface area contributed by atoms with Crippen LogP contribution in [0, 0.1) is 0 Å². The van der Waals surface area contributed by atoms with Crippen LogP contribution in [0.1, 0.15) is 53.0 Å². The molecule has 2 unspecified atom stereocenters. The van der Waals surface area contributed by atoms with Crippen molar-refractivity contribution < 1.29 is 23.9 Å². The Labute approximate surface area is 160 Å². The second-order valence-electron chi connectivity index (χ2n) is 7.31. The van der Waals surface area contributed by atoms with E-state index in [-0.39, 0.29) is 6.61 Å². The molecule has 150 valence electrons. The van der Waals surface area contributed by atoms with Gasteiger partial charge >= 0.3 is 12.1 Å². The number of nitrogens with one attached hydrogen (secondary N) is 2. The Morgan fingerprint density at radius 2 is 1.70 bits per heavy atom. The highest BCUT2D eigenvalue weighted by Gasteiger charge is 2.26. The molecule has 0 fully saturated rings. The fraction of sp³-hybridized carbons (Fsp3) is 0.550. The van der Waals surface area contributed by atoms with Crippen molar-refractivity contribution in [2.24, 2.45) is 0 Å². The van der Waals surface area contributed by atoms with Crippen LogP contribution in [0.3, 0.4) is 0 Å². The Bertz CT molecular complexity index is 625. The molecule has 7 heteroatoms. The van der Waals surface area contributed by atoms with Gasteiger partial charge in [-0.2, -0.15) is 0 Å². The van der Waals surface area contributed by atoms with E-state index in [0.29, 0.717) is 12.8 Å². The van der Waals surface area contributed by atoms with Crippen molar-refractivity contribution in [3.8, 4) is 0 Å². The molecule has 0 saturated heterocycles. The van der Waals surface area contributed by atoms with Gasteiger partial charge in [-0.25, -0.2) is 9.59 Å². The summed E-state index contributed by atoms with van der Waals surface area (Å²) in [5, 5.41) is 5.14. The lowest BCUT2D eigenvalue weighted by Crippen LogP contribution is -2.51. The molecule has 1 aromatic rings. The highest BCUT2D eigenvalue weighted by molar-refractivity contribution is 5.89. The number of ether oxygens (including phenoxy) is 2. The molecule has 2 amide bonds. The van der Waals surface area contributed by atoms with Gasteiger partial charge in [0.1, 0.15) is 24.3 Å². The Kier molecular flexibility index (Phi) is 8.78. The van der Waals surface area contributed by atoms with Crippen molar-refractivity contribution in [1.82, 2.24) is 10.6 Å². The SMILES string of the molecule is CCCC(NC(=O)OC(C)(C)C)C(=O)NC(C)C(=O)OCc1ccccc1. The first-order chi connectivity index (χ1) is 12.6. The summed E-state index contributed by atoms with van der Waals surface area (Å²) in [6.07, 6.45) is 0.438. The third kappa shape index (κ3) is 9.08. The number of amides is 2. The molecule has 0 radical (unpaired) electrons. The lowest BCUT2D eigenvalue weighted by Gasteiger charge is -2.24. The van der Waals surface area contributed by atoms with E-state index in [1.54, 1.807) is 27.7 Å². The molecule has 0 aliphatic carbocycles. The van der Waals surface area contributed by atoms with Gasteiger partial charge in [0.15, 0.2) is 0 Å². The minimum absolute atomic E-state index is 0.133. The highest BCUT2D eigenvalue weighted by Crippen LogP contribution is 2.08. The Hall–Kier alpha value is -2.57. The van der Waals surface area contributed by atoms with Crippen LogP contribution in [0.15, 0.2) is 30.3 Å². The molecular formula is C20H30N2O5. The van der Waals surface area contributed by atoms with Crippen molar-refractivity contribution in [3.05, 3.63) is 35.9 Å². The summed E-state index contributed by atoms with van der Waals surface area (Å²) in [6, 6.07) is 7.66. The zero-order valence-electron chi connectivity index (χ0n) is 16.7. The maximum atomic E-state index is 12.4. The molecule has 2 atom stereocenters. The van der Waals surface area contributed by atoms with Crippen LogP contribution >= 0.6 is 0 Å². The Morgan fingerprint density at radius 3 is 2.26 bits per heavy atom. The van der Waals surface area contributed by atoms with E-state index in [2.05, 4.69) is 10.6 Å². The van der Waals surface area contributed by atoms with Crippen LogP contribution in [-0.4, -0.2) is 35.7 Å². The molecule has 0 aliphatic heterocycles. The average molecular weight is 378 g/mol. The van der Waals surface area contributed by atoms with E-state index < -0.39 is 35.7 Å². The normalized spacial score (nSPS) is 13.2. The summed E-state index contributed by atoms with van der Waals surface area (Å²) in [6.45, 7) is 8.80. The fourth-order valence-electron chi connectivity index (χ4n) is 2.23. The maximum Gasteiger partial charge on any atom is 0.408 e. The predicted molar refractivity (Wildman–Crippen MR) is 102 cm³/mol. The molecule has 0 aromatic heterocycles. The van der Waals surface area contributed by atoms with Gasteiger partial charge in [-0.05, 0) is 39.7 Å². The first kappa shape index (κ1) is 22.5. The molecule has 0 heterocycles. The quantitative estimate of drug-likeness (QED) is 0.679. The van der Waals surface area contributed by atoms with Crippen molar-refractivity contribution in [2.75, 3.05) is 0 Å². The smallest absolute Gasteiger partial charge is 0.408 e. The minimum Gasteiger partial charge on any atom is -0.459 e. The molecule has 0 aliphatic rings. The molecule has 1 rings (SSSR count). The zero-order valence-corrected chi connectivity index (χ0v) is 16.7. The van der Waals surface area contributed by atoms with Crippen LogP contribution < -0.4 is 10.6 Å². The molecule has 0 spiro atoms. The number of benzene rings is 1. The molecule has 0 bridgehead atoms. The van der Waals surface area contributed by atoms with Gasteiger partial charge in [-0.1, -0.05) is 43.7 Å². The number of rotatable bonds is 8. The van der Waals surface area contributed by atoms with Crippen molar-refractivity contribution in [3.63, 3.8) is 0 Å². The molecule has 2 N–H and O–H groups in total. The van der Waals surface area contributed by atoms with E-state index >= 15 is 0 Å². The first-order valence-electron chi connectivity index (χ1n) is 9.13. The highest BCUT2D eigenvalue weighted by atomic mass is 16.6. The van der Waals surface area contributed by atoms with Crippen LogP contribution in [0.4, 0.5) is 4.79 Å². The Morgan fingerprint density at radius 1 is 1.07 bits per heavy atom. The summed E-state index contributed by atoms with van der Waals surface area (Å²) in [4.78, 5) is 36.4. The van der Waals surface area contributed by atoms with Gasteiger partial charge in [-0.15, -0.1) is 0 Å². The molecule has 7 nitrogen and oxygen atoms in total. The summed E-state index contributed by atoms with van der Waals surface area (Å²) in [5.41, 5.74) is 0.200. The number of carbonyl (C=O) groups excluding carboxylic acids is 3. The van der Waals surface area contributed by atoms with Crippen LogP contribution in [-0.2, 0) is 25.7 Å². The largest absolute Gasteiger partial charge is 0.459 e. The minimum atomic E-state index is -0.832.